The van der Waals surface area contributed by atoms with Crippen molar-refractivity contribution in [3.63, 3.8) is 0 Å². The second-order valence-corrected chi connectivity index (χ2v) is 4.09. The Balaban J connectivity index is 2.56. The Morgan fingerprint density at radius 2 is 1.94 bits per heavy atom. The van der Waals surface area contributed by atoms with Gasteiger partial charge in [0.1, 0.15) is 0 Å². The van der Waals surface area contributed by atoms with Gasteiger partial charge in [0.15, 0.2) is 0 Å². The SMILES string of the molecule is CC(CC(C#N)CB(O)O)c1ccccc1. The predicted molar refractivity (Wildman–Crippen MR) is 63.6 cm³/mol. The van der Waals surface area contributed by atoms with Gasteiger partial charge in [-0.1, -0.05) is 37.3 Å². The molecule has 4 heteroatoms. The molecule has 0 fully saturated rings. The first-order valence-corrected chi connectivity index (χ1v) is 5.44. The fraction of sp³-hybridized carbons (Fsp3) is 0.417. The molecule has 0 spiro atoms. The van der Waals surface area contributed by atoms with Gasteiger partial charge < -0.3 is 10.0 Å². The van der Waals surface area contributed by atoms with Crippen LogP contribution in [0.25, 0.3) is 0 Å². The van der Waals surface area contributed by atoms with Crippen molar-refractivity contribution >= 4 is 7.12 Å². The largest absolute Gasteiger partial charge is 0.452 e. The quantitative estimate of drug-likeness (QED) is 0.739. The molecule has 0 heterocycles. The molecule has 1 aromatic carbocycles. The topological polar surface area (TPSA) is 64.2 Å². The number of hydrogen-bond acceptors (Lipinski definition) is 3. The number of benzene rings is 1. The van der Waals surface area contributed by atoms with E-state index in [0.717, 1.165) is 0 Å². The van der Waals surface area contributed by atoms with Crippen molar-refractivity contribution in [3.8, 4) is 6.07 Å². The third-order valence-electron chi connectivity index (χ3n) is 2.68. The third-order valence-corrected chi connectivity index (χ3v) is 2.68. The lowest BCUT2D eigenvalue weighted by atomic mass is 9.75. The first-order valence-electron chi connectivity index (χ1n) is 5.44. The summed E-state index contributed by atoms with van der Waals surface area (Å²) >= 11 is 0. The van der Waals surface area contributed by atoms with E-state index in [0.29, 0.717) is 6.42 Å². The fourth-order valence-corrected chi connectivity index (χ4v) is 1.80. The Morgan fingerprint density at radius 3 is 2.44 bits per heavy atom. The van der Waals surface area contributed by atoms with Crippen molar-refractivity contribution in [2.75, 3.05) is 0 Å². The van der Waals surface area contributed by atoms with E-state index < -0.39 is 7.12 Å². The van der Waals surface area contributed by atoms with Crippen LogP contribution < -0.4 is 0 Å². The standard InChI is InChI=1S/C12H16BNO2/c1-10(12-5-3-2-4-6-12)7-11(9-14)8-13(15)16/h2-6,10-11,15-16H,7-8H2,1H3. The Bertz CT molecular complexity index is 348. The van der Waals surface area contributed by atoms with Gasteiger partial charge in [-0.3, -0.25) is 0 Å². The van der Waals surface area contributed by atoms with Gasteiger partial charge in [0, 0.05) is 5.92 Å². The number of hydrogen-bond donors (Lipinski definition) is 2. The molecule has 0 aliphatic rings. The van der Waals surface area contributed by atoms with Crippen LogP contribution in [0.1, 0.15) is 24.8 Å². The van der Waals surface area contributed by atoms with E-state index in [2.05, 4.69) is 6.07 Å². The molecule has 0 saturated heterocycles. The van der Waals surface area contributed by atoms with Crippen molar-refractivity contribution in [1.82, 2.24) is 0 Å². The van der Waals surface area contributed by atoms with Crippen LogP contribution in [-0.4, -0.2) is 17.2 Å². The van der Waals surface area contributed by atoms with Gasteiger partial charge in [-0.25, -0.2) is 0 Å². The molecule has 0 aliphatic carbocycles. The normalized spacial score (nSPS) is 13.9. The Kier molecular flexibility index (Phi) is 5.04. The van der Waals surface area contributed by atoms with Gasteiger partial charge in [0.2, 0.25) is 0 Å². The zero-order chi connectivity index (χ0) is 12.0. The van der Waals surface area contributed by atoms with E-state index in [4.69, 9.17) is 15.3 Å². The highest BCUT2D eigenvalue weighted by Crippen LogP contribution is 2.25. The molecule has 2 unspecified atom stereocenters. The van der Waals surface area contributed by atoms with Crippen molar-refractivity contribution in [3.05, 3.63) is 35.9 Å². The van der Waals surface area contributed by atoms with Crippen LogP contribution in [0.4, 0.5) is 0 Å². The van der Waals surface area contributed by atoms with E-state index in [9.17, 15) is 0 Å². The van der Waals surface area contributed by atoms with Crippen molar-refractivity contribution in [1.29, 1.82) is 5.26 Å². The lowest BCUT2D eigenvalue weighted by molar-refractivity contribution is 0.390. The highest BCUT2D eigenvalue weighted by Gasteiger charge is 2.19. The molecule has 16 heavy (non-hydrogen) atoms. The van der Waals surface area contributed by atoms with E-state index in [1.165, 1.54) is 5.56 Å². The highest BCUT2D eigenvalue weighted by atomic mass is 16.4. The minimum atomic E-state index is -1.40. The molecule has 0 saturated carbocycles. The van der Waals surface area contributed by atoms with Crippen molar-refractivity contribution < 1.29 is 10.0 Å². The summed E-state index contributed by atoms with van der Waals surface area (Å²) in [7, 11) is -1.40. The van der Waals surface area contributed by atoms with Crippen LogP contribution >= 0.6 is 0 Å². The summed E-state index contributed by atoms with van der Waals surface area (Å²) in [6, 6.07) is 12.0. The number of nitrogens with zero attached hydrogens (tertiary/aromatic N) is 1. The van der Waals surface area contributed by atoms with E-state index in [-0.39, 0.29) is 18.2 Å². The van der Waals surface area contributed by atoms with Gasteiger partial charge in [0.25, 0.3) is 0 Å². The van der Waals surface area contributed by atoms with Gasteiger partial charge in [-0.05, 0) is 24.2 Å². The summed E-state index contributed by atoms with van der Waals surface area (Å²) in [5, 5.41) is 26.6. The van der Waals surface area contributed by atoms with Crippen LogP contribution in [0.15, 0.2) is 30.3 Å². The summed E-state index contributed by atoms with van der Waals surface area (Å²) in [5.41, 5.74) is 1.18. The van der Waals surface area contributed by atoms with Gasteiger partial charge >= 0.3 is 7.12 Å². The molecule has 1 rings (SSSR count). The molecule has 3 nitrogen and oxygen atoms in total. The molecular formula is C12H16BNO2. The molecule has 1 aromatic rings. The third kappa shape index (κ3) is 4.05. The van der Waals surface area contributed by atoms with Crippen LogP contribution in [0.2, 0.25) is 6.32 Å². The molecule has 84 valence electrons. The minimum absolute atomic E-state index is 0.119. The van der Waals surface area contributed by atoms with Crippen molar-refractivity contribution in [2.24, 2.45) is 5.92 Å². The predicted octanol–water partition coefficient (Wildman–Crippen LogP) is 1.79. The molecule has 0 amide bonds. The maximum absolute atomic E-state index is 8.90. The van der Waals surface area contributed by atoms with Gasteiger partial charge in [-0.2, -0.15) is 5.26 Å². The summed E-state index contributed by atoms with van der Waals surface area (Å²) in [4.78, 5) is 0. The summed E-state index contributed by atoms with van der Waals surface area (Å²) in [6.45, 7) is 2.05. The molecule has 0 bridgehead atoms. The zero-order valence-corrected chi connectivity index (χ0v) is 9.37. The van der Waals surface area contributed by atoms with Crippen LogP contribution in [-0.2, 0) is 0 Å². The van der Waals surface area contributed by atoms with E-state index >= 15 is 0 Å². The Hall–Kier alpha value is -1.31. The second-order valence-electron chi connectivity index (χ2n) is 4.09. The summed E-state index contributed by atoms with van der Waals surface area (Å²) in [6.07, 6.45) is 0.770. The molecule has 2 N–H and O–H groups in total. The Morgan fingerprint density at radius 1 is 1.31 bits per heavy atom. The van der Waals surface area contributed by atoms with Crippen molar-refractivity contribution in [2.45, 2.75) is 25.6 Å². The van der Waals surface area contributed by atoms with E-state index in [1.807, 2.05) is 37.3 Å². The summed E-state index contributed by atoms with van der Waals surface area (Å²) < 4.78 is 0. The molecular weight excluding hydrogens is 201 g/mol. The Labute approximate surface area is 96.5 Å². The van der Waals surface area contributed by atoms with Crippen LogP contribution in [0.3, 0.4) is 0 Å². The zero-order valence-electron chi connectivity index (χ0n) is 9.37. The number of nitriles is 1. The first-order chi connectivity index (χ1) is 7.63. The maximum atomic E-state index is 8.90. The molecule has 2 atom stereocenters. The molecule has 0 aromatic heterocycles. The van der Waals surface area contributed by atoms with Crippen LogP contribution in [0, 0.1) is 17.2 Å². The smallest absolute Gasteiger partial charge is 0.427 e. The average Bonchev–Trinajstić information content (AvgIpc) is 2.28. The first kappa shape index (κ1) is 12.8. The highest BCUT2D eigenvalue weighted by molar-refractivity contribution is 6.41. The van der Waals surface area contributed by atoms with Crippen LogP contribution in [0.5, 0.6) is 0 Å². The van der Waals surface area contributed by atoms with E-state index in [1.54, 1.807) is 0 Å². The maximum Gasteiger partial charge on any atom is 0.452 e. The van der Waals surface area contributed by atoms with Gasteiger partial charge in [0.05, 0.1) is 6.07 Å². The molecule has 0 radical (unpaired) electrons. The van der Waals surface area contributed by atoms with Gasteiger partial charge in [-0.15, -0.1) is 0 Å². The molecule has 0 aliphatic heterocycles. The minimum Gasteiger partial charge on any atom is -0.427 e. The second kappa shape index (κ2) is 6.31. The summed E-state index contributed by atoms with van der Waals surface area (Å²) in [5.74, 6) is -0.0557. The lowest BCUT2D eigenvalue weighted by Crippen LogP contribution is -2.17. The average molecular weight is 217 g/mol. The number of rotatable bonds is 5. The fourth-order valence-electron chi connectivity index (χ4n) is 1.80. The lowest BCUT2D eigenvalue weighted by Gasteiger charge is -2.15. The monoisotopic (exact) mass is 217 g/mol.